The molecule has 3 amide bonds. The lowest BCUT2D eigenvalue weighted by Gasteiger charge is -2.10. The molecule has 0 bridgehead atoms. The Balaban J connectivity index is 1.92. The number of para-hydroxylation sites is 1. The fourth-order valence-electron chi connectivity index (χ4n) is 2.52. The zero-order valence-electron chi connectivity index (χ0n) is 16.2. The summed E-state index contributed by atoms with van der Waals surface area (Å²) < 4.78 is 4.61. The number of nitrogens with two attached hydrogens (primary N) is 1. The molecule has 2 rings (SSSR count). The van der Waals surface area contributed by atoms with Crippen LogP contribution >= 0.6 is 11.3 Å². The fraction of sp³-hybridized carbons (Fsp3) is 0.333. The first-order valence-electron chi connectivity index (χ1n) is 9.02. The molecule has 0 atom stereocenters. The van der Waals surface area contributed by atoms with Crippen LogP contribution in [-0.2, 0) is 9.53 Å². The SMILES string of the molecule is Cc1nc(NC(=O)c2ccccc2NC(=O)CCCCCOC(N)=O)sc1[N+](=O)[O-]. The Bertz CT molecular complexity index is 945. The molecule has 160 valence electrons. The van der Waals surface area contributed by atoms with Gasteiger partial charge >= 0.3 is 11.1 Å². The molecule has 0 unspecified atom stereocenters. The number of hydrogen-bond acceptors (Lipinski definition) is 8. The van der Waals surface area contributed by atoms with Crippen LogP contribution in [0.4, 0.5) is 20.6 Å². The van der Waals surface area contributed by atoms with Crippen LogP contribution in [0.15, 0.2) is 24.3 Å². The van der Waals surface area contributed by atoms with Crippen LogP contribution in [-0.4, -0.2) is 34.4 Å². The Morgan fingerprint density at radius 3 is 2.60 bits per heavy atom. The third kappa shape index (κ3) is 6.81. The van der Waals surface area contributed by atoms with Crippen LogP contribution in [0, 0.1) is 17.0 Å². The highest BCUT2D eigenvalue weighted by Gasteiger charge is 2.20. The van der Waals surface area contributed by atoms with Crippen molar-refractivity contribution in [2.45, 2.75) is 32.6 Å². The van der Waals surface area contributed by atoms with E-state index in [1.807, 2.05) is 0 Å². The lowest BCUT2D eigenvalue weighted by Crippen LogP contribution is -2.18. The number of primary amides is 1. The number of ether oxygens (including phenoxy) is 1. The van der Waals surface area contributed by atoms with Crippen LogP contribution in [0.3, 0.4) is 0 Å². The van der Waals surface area contributed by atoms with E-state index in [2.05, 4.69) is 20.4 Å². The minimum absolute atomic E-state index is 0.100. The van der Waals surface area contributed by atoms with Crippen molar-refractivity contribution in [2.24, 2.45) is 5.73 Å². The topological polar surface area (TPSA) is 167 Å². The number of aryl methyl sites for hydroxylation is 1. The summed E-state index contributed by atoms with van der Waals surface area (Å²) in [6.07, 6.45) is 1.24. The van der Waals surface area contributed by atoms with Crippen LogP contribution in [0.5, 0.6) is 0 Å². The van der Waals surface area contributed by atoms with Gasteiger partial charge in [0.15, 0.2) is 5.13 Å². The van der Waals surface area contributed by atoms with Crippen molar-refractivity contribution in [3.63, 3.8) is 0 Å². The first-order chi connectivity index (χ1) is 14.3. The predicted octanol–water partition coefficient (Wildman–Crippen LogP) is 3.21. The number of carbonyl (C=O) groups excluding carboxylic acids is 3. The largest absolute Gasteiger partial charge is 0.450 e. The zero-order chi connectivity index (χ0) is 22.1. The van der Waals surface area contributed by atoms with Gasteiger partial charge in [-0.1, -0.05) is 12.1 Å². The fourth-order valence-corrected chi connectivity index (χ4v) is 3.29. The number of unbranched alkanes of at least 4 members (excludes halogenated alkanes) is 2. The number of nitro groups is 1. The molecule has 0 saturated carbocycles. The number of anilines is 2. The van der Waals surface area contributed by atoms with Crippen molar-refractivity contribution in [3.05, 3.63) is 45.6 Å². The summed E-state index contributed by atoms with van der Waals surface area (Å²) in [5, 5.41) is 16.1. The first kappa shape index (κ1) is 22.7. The number of benzene rings is 1. The second-order valence-electron chi connectivity index (χ2n) is 6.19. The van der Waals surface area contributed by atoms with E-state index < -0.39 is 16.9 Å². The summed E-state index contributed by atoms with van der Waals surface area (Å²) in [6.45, 7) is 1.69. The molecule has 4 N–H and O–H groups in total. The molecule has 0 aliphatic heterocycles. The Morgan fingerprint density at radius 1 is 1.20 bits per heavy atom. The molecule has 1 aromatic carbocycles. The number of carbonyl (C=O) groups is 3. The number of nitrogens with one attached hydrogen (secondary N) is 2. The van der Waals surface area contributed by atoms with Gasteiger partial charge < -0.3 is 15.8 Å². The number of thiazole rings is 1. The quantitative estimate of drug-likeness (QED) is 0.292. The summed E-state index contributed by atoms with van der Waals surface area (Å²) >= 11 is 0.761. The molecule has 0 fully saturated rings. The monoisotopic (exact) mass is 435 g/mol. The highest BCUT2D eigenvalue weighted by atomic mass is 32.1. The third-order valence-electron chi connectivity index (χ3n) is 3.90. The van der Waals surface area contributed by atoms with Crippen molar-refractivity contribution in [2.75, 3.05) is 17.2 Å². The number of aromatic nitrogens is 1. The Labute approximate surface area is 175 Å². The van der Waals surface area contributed by atoms with Gasteiger partial charge in [0, 0.05) is 6.42 Å². The summed E-state index contributed by atoms with van der Waals surface area (Å²) in [6, 6.07) is 6.43. The molecule has 0 radical (unpaired) electrons. The van der Waals surface area contributed by atoms with Crippen LogP contribution in [0.1, 0.15) is 41.7 Å². The summed E-state index contributed by atoms with van der Waals surface area (Å²) in [7, 11) is 0. The molecule has 12 heteroatoms. The Kier molecular flexibility index (Phi) is 8.23. The second-order valence-corrected chi connectivity index (χ2v) is 7.17. The van der Waals surface area contributed by atoms with E-state index in [0.717, 1.165) is 11.3 Å². The van der Waals surface area contributed by atoms with Crippen LogP contribution in [0.25, 0.3) is 0 Å². The predicted molar refractivity (Wildman–Crippen MR) is 111 cm³/mol. The van der Waals surface area contributed by atoms with E-state index in [-0.39, 0.29) is 40.3 Å². The lowest BCUT2D eigenvalue weighted by molar-refractivity contribution is -0.380. The number of hydrogen-bond donors (Lipinski definition) is 3. The average molecular weight is 435 g/mol. The van der Waals surface area contributed by atoms with Crippen molar-refractivity contribution in [1.29, 1.82) is 0 Å². The van der Waals surface area contributed by atoms with Gasteiger partial charge in [0.25, 0.3) is 5.91 Å². The molecule has 11 nitrogen and oxygen atoms in total. The third-order valence-corrected chi connectivity index (χ3v) is 4.92. The zero-order valence-corrected chi connectivity index (χ0v) is 17.0. The van der Waals surface area contributed by atoms with Crippen molar-refractivity contribution < 1.29 is 24.0 Å². The number of nitrogens with zero attached hydrogens (tertiary/aromatic N) is 2. The minimum Gasteiger partial charge on any atom is -0.450 e. The van der Waals surface area contributed by atoms with Gasteiger partial charge in [-0.3, -0.25) is 25.0 Å². The van der Waals surface area contributed by atoms with E-state index in [4.69, 9.17) is 5.73 Å². The molecular formula is C18H21N5O6S. The maximum atomic E-state index is 12.6. The normalized spacial score (nSPS) is 10.3. The number of rotatable bonds is 10. The van der Waals surface area contributed by atoms with Gasteiger partial charge in [-0.15, -0.1) is 0 Å². The lowest BCUT2D eigenvalue weighted by atomic mass is 10.1. The maximum Gasteiger partial charge on any atom is 0.404 e. The summed E-state index contributed by atoms with van der Waals surface area (Å²) in [5.41, 5.74) is 5.59. The van der Waals surface area contributed by atoms with Crippen molar-refractivity contribution in [1.82, 2.24) is 4.98 Å². The molecule has 0 aliphatic rings. The molecule has 0 aliphatic carbocycles. The molecule has 0 saturated heterocycles. The minimum atomic E-state index is -0.829. The Morgan fingerprint density at radius 2 is 1.93 bits per heavy atom. The van der Waals surface area contributed by atoms with Crippen molar-refractivity contribution in [3.8, 4) is 0 Å². The van der Waals surface area contributed by atoms with Gasteiger partial charge in [-0.25, -0.2) is 9.78 Å². The van der Waals surface area contributed by atoms with Gasteiger partial charge in [-0.05, 0) is 49.7 Å². The molecular weight excluding hydrogens is 414 g/mol. The van der Waals surface area contributed by atoms with Gasteiger partial charge in [-0.2, -0.15) is 0 Å². The van der Waals surface area contributed by atoms with Gasteiger partial charge in [0.05, 0.1) is 22.8 Å². The second kappa shape index (κ2) is 10.9. The van der Waals surface area contributed by atoms with Gasteiger partial charge in [0.1, 0.15) is 5.69 Å². The smallest absolute Gasteiger partial charge is 0.404 e. The highest BCUT2D eigenvalue weighted by Crippen LogP contribution is 2.30. The Hall–Kier alpha value is -3.54. The maximum absolute atomic E-state index is 12.6. The molecule has 2 aromatic rings. The summed E-state index contributed by atoms with van der Waals surface area (Å²) in [4.78, 5) is 49.6. The van der Waals surface area contributed by atoms with E-state index in [9.17, 15) is 24.5 Å². The molecule has 1 heterocycles. The van der Waals surface area contributed by atoms with Crippen LogP contribution < -0.4 is 16.4 Å². The van der Waals surface area contributed by atoms with E-state index in [1.54, 1.807) is 18.2 Å². The standard InChI is InChI=1S/C18H21N5O6S/c1-11-16(23(27)28)30-18(20-11)22-15(25)12-7-4-5-8-13(12)21-14(24)9-3-2-6-10-29-17(19)26/h4-5,7-8H,2-3,6,9-10H2,1H3,(H2,19,26)(H,21,24)(H,20,22,25). The van der Waals surface area contributed by atoms with E-state index in [1.165, 1.54) is 13.0 Å². The van der Waals surface area contributed by atoms with Crippen molar-refractivity contribution >= 4 is 45.1 Å². The molecule has 30 heavy (non-hydrogen) atoms. The van der Waals surface area contributed by atoms with Gasteiger partial charge in [0.2, 0.25) is 5.91 Å². The van der Waals surface area contributed by atoms with Crippen LogP contribution in [0.2, 0.25) is 0 Å². The number of amides is 3. The van der Waals surface area contributed by atoms with E-state index in [0.29, 0.717) is 24.9 Å². The highest BCUT2D eigenvalue weighted by molar-refractivity contribution is 7.19. The average Bonchev–Trinajstić information content (AvgIpc) is 3.05. The molecule has 0 spiro atoms. The first-order valence-corrected chi connectivity index (χ1v) is 9.84. The summed E-state index contributed by atoms with van der Waals surface area (Å²) in [5.74, 6) is -0.815. The molecule has 1 aromatic heterocycles. The van der Waals surface area contributed by atoms with E-state index >= 15 is 0 Å².